The highest BCUT2D eigenvalue weighted by Gasteiger charge is 2.46. The van der Waals surface area contributed by atoms with Crippen LogP contribution in [0.5, 0.6) is 0 Å². The van der Waals surface area contributed by atoms with Gasteiger partial charge in [0.2, 0.25) is 11.8 Å². The van der Waals surface area contributed by atoms with Gasteiger partial charge in [-0.15, -0.1) is 0 Å². The van der Waals surface area contributed by atoms with Gasteiger partial charge in [0.25, 0.3) is 0 Å². The first-order valence-corrected chi connectivity index (χ1v) is 8.73. The molecule has 3 rings (SSSR count). The van der Waals surface area contributed by atoms with Gasteiger partial charge in [0, 0.05) is 32.4 Å². The molecule has 7 nitrogen and oxygen atoms in total. The second-order valence-electron chi connectivity index (χ2n) is 7.06. The standard InChI is InChI=1S/C17H27N5O2/c1-13-11-19-22(12-13)14(2)15(23)21-9-5-17(6-10-21)16(24)18-7-4-8-20(17)3/h11-12,14H,4-10H2,1-3H3,(H,18,24)/t14-/m1/s1. The Balaban J connectivity index is 1.67. The van der Waals surface area contributed by atoms with Crippen LogP contribution in [0.1, 0.15) is 37.8 Å². The van der Waals surface area contributed by atoms with E-state index in [-0.39, 0.29) is 17.9 Å². The van der Waals surface area contributed by atoms with Crippen LogP contribution in [0.15, 0.2) is 12.4 Å². The summed E-state index contributed by atoms with van der Waals surface area (Å²) in [5.41, 5.74) is 0.586. The summed E-state index contributed by atoms with van der Waals surface area (Å²) in [5, 5.41) is 7.28. The molecule has 132 valence electrons. The van der Waals surface area contributed by atoms with E-state index in [0.717, 1.165) is 25.1 Å². The van der Waals surface area contributed by atoms with Crippen molar-refractivity contribution in [2.24, 2.45) is 0 Å². The summed E-state index contributed by atoms with van der Waals surface area (Å²) in [6, 6.07) is -0.312. The number of hydrogen-bond donors (Lipinski definition) is 1. The first kappa shape index (κ1) is 17.0. The van der Waals surface area contributed by atoms with Gasteiger partial charge in [-0.3, -0.25) is 19.2 Å². The van der Waals surface area contributed by atoms with E-state index in [4.69, 9.17) is 0 Å². The third kappa shape index (κ3) is 2.92. The minimum Gasteiger partial charge on any atom is -0.354 e. The summed E-state index contributed by atoms with van der Waals surface area (Å²) in [7, 11) is 2.03. The van der Waals surface area contributed by atoms with Crippen LogP contribution < -0.4 is 5.32 Å². The summed E-state index contributed by atoms with van der Waals surface area (Å²) in [5.74, 6) is 0.190. The molecule has 2 saturated heterocycles. The van der Waals surface area contributed by atoms with Crippen LogP contribution in [0.2, 0.25) is 0 Å². The molecule has 1 atom stereocenters. The lowest BCUT2D eigenvalue weighted by Crippen LogP contribution is -2.61. The number of nitrogens with zero attached hydrogens (tertiary/aromatic N) is 4. The van der Waals surface area contributed by atoms with E-state index >= 15 is 0 Å². The number of hydrogen-bond acceptors (Lipinski definition) is 4. The van der Waals surface area contributed by atoms with Crippen molar-refractivity contribution in [1.82, 2.24) is 24.9 Å². The Morgan fingerprint density at radius 3 is 2.67 bits per heavy atom. The third-order valence-electron chi connectivity index (χ3n) is 5.50. The van der Waals surface area contributed by atoms with Gasteiger partial charge in [-0.25, -0.2) is 0 Å². The fraction of sp³-hybridized carbons (Fsp3) is 0.706. The summed E-state index contributed by atoms with van der Waals surface area (Å²) in [6.07, 6.45) is 6.00. The van der Waals surface area contributed by atoms with Crippen molar-refractivity contribution in [3.05, 3.63) is 18.0 Å². The molecule has 1 aromatic heterocycles. The van der Waals surface area contributed by atoms with Gasteiger partial charge in [-0.1, -0.05) is 0 Å². The topological polar surface area (TPSA) is 70.5 Å². The number of amides is 2. The Morgan fingerprint density at radius 1 is 1.33 bits per heavy atom. The molecule has 1 spiro atoms. The number of likely N-dealkylation sites (N-methyl/N-ethyl adjacent to an activating group) is 1. The van der Waals surface area contributed by atoms with E-state index < -0.39 is 5.54 Å². The molecule has 0 aromatic carbocycles. The monoisotopic (exact) mass is 333 g/mol. The molecule has 0 unspecified atom stereocenters. The first-order chi connectivity index (χ1) is 11.4. The smallest absolute Gasteiger partial charge is 0.247 e. The number of aryl methyl sites for hydroxylation is 1. The fourth-order valence-electron chi connectivity index (χ4n) is 3.80. The first-order valence-electron chi connectivity index (χ1n) is 8.73. The lowest BCUT2D eigenvalue weighted by Gasteiger charge is -2.45. The van der Waals surface area contributed by atoms with Crippen LogP contribution in [0, 0.1) is 6.92 Å². The Bertz CT molecular complexity index is 618. The van der Waals surface area contributed by atoms with Crippen LogP contribution >= 0.6 is 0 Å². The van der Waals surface area contributed by atoms with Crippen molar-refractivity contribution < 1.29 is 9.59 Å². The summed E-state index contributed by atoms with van der Waals surface area (Å²) >= 11 is 0. The normalized spacial score (nSPS) is 23.0. The number of carbonyl (C=O) groups is 2. The molecule has 3 heterocycles. The largest absolute Gasteiger partial charge is 0.354 e. The summed E-state index contributed by atoms with van der Waals surface area (Å²) in [4.78, 5) is 29.4. The van der Waals surface area contributed by atoms with Crippen molar-refractivity contribution in [3.8, 4) is 0 Å². The lowest BCUT2D eigenvalue weighted by molar-refractivity contribution is -0.143. The van der Waals surface area contributed by atoms with E-state index in [1.807, 2.05) is 32.0 Å². The van der Waals surface area contributed by atoms with Crippen molar-refractivity contribution in [2.75, 3.05) is 33.2 Å². The number of likely N-dealkylation sites (tertiary alicyclic amines) is 1. The molecular weight excluding hydrogens is 306 g/mol. The maximum atomic E-state index is 12.8. The van der Waals surface area contributed by atoms with E-state index in [1.54, 1.807) is 10.9 Å². The Labute approximate surface area is 143 Å². The molecule has 1 aromatic rings. The Morgan fingerprint density at radius 2 is 2.04 bits per heavy atom. The van der Waals surface area contributed by atoms with Crippen molar-refractivity contribution >= 4 is 11.8 Å². The summed E-state index contributed by atoms with van der Waals surface area (Å²) < 4.78 is 1.71. The molecule has 7 heteroatoms. The third-order valence-corrected chi connectivity index (χ3v) is 5.50. The minimum atomic E-state index is -0.460. The predicted molar refractivity (Wildman–Crippen MR) is 90.5 cm³/mol. The van der Waals surface area contributed by atoms with E-state index in [2.05, 4.69) is 15.3 Å². The molecule has 24 heavy (non-hydrogen) atoms. The van der Waals surface area contributed by atoms with Crippen LogP contribution in [-0.4, -0.2) is 70.2 Å². The van der Waals surface area contributed by atoms with Gasteiger partial charge >= 0.3 is 0 Å². The predicted octanol–water partition coefficient (Wildman–Crippen LogP) is 0.565. The molecule has 0 aliphatic carbocycles. The highest BCUT2D eigenvalue weighted by atomic mass is 16.2. The van der Waals surface area contributed by atoms with Crippen molar-refractivity contribution in [3.63, 3.8) is 0 Å². The SMILES string of the molecule is Cc1cnn([C@H](C)C(=O)N2CCC3(CC2)C(=O)NCCCN3C)c1. The second kappa shape index (κ2) is 6.55. The maximum Gasteiger partial charge on any atom is 0.247 e. The van der Waals surface area contributed by atoms with Gasteiger partial charge in [0.05, 0.1) is 6.20 Å². The molecule has 2 aliphatic heterocycles. The van der Waals surface area contributed by atoms with Crippen LogP contribution in [-0.2, 0) is 9.59 Å². The Kier molecular flexibility index (Phi) is 4.62. The highest BCUT2D eigenvalue weighted by molar-refractivity contribution is 5.87. The number of piperidine rings is 1. The van der Waals surface area contributed by atoms with Crippen LogP contribution in [0.3, 0.4) is 0 Å². The van der Waals surface area contributed by atoms with Gasteiger partial charge < -0.3 is 10.2 Å². The zero-order valence-corrected chi connectivity index (χ0v) is 14.8. The molecule has 0 saturated carbocycles. The molecule has 1 N–H and O–H groups in total. The summed E-state index contributed by atoms with van der Waals surface area (Å²) in [6.45, 7) is 6.72. The van der Waals surface area contributed by atoms with Gasteiger partial charge in [-0.2, -0.15) is 5.10 Å². The molecular formula is C17H27N5O2. The molecule has 0 bridgehead atoms. The van der Waals surface area contributed by atoms with Gasteiger partial charge in [-0.05, 0) is 45.7 Å². The van der Waals surface area contributed by atoms with Gasteiger partial charge in [0.1, 0.15) is 11.6 Å². The van der Waals surface area contributed by atoms with Crippen molar-refractivity contribution in [1.29, 1.82) is 0 Å². The zero-order valence-electron chi connectivity index (χ0n) is 14.8. The fourth-order valence-corrected chi connectivity index (χ4v) is 3.80. The average molecular weight is 333 g/mol. The molecule has 2 amide bonds. The number of carbonyl (C=O) groups excluding carboxylic acids is 2. The molecule has 2 fully saturated rings. The number of nitrogens with one attached hydrogen (secondary N) is 1. The molecule has 2 aliphatic rings. The maximum absolute atomic E-state index is 12.8. The van der Waals surface area contributed by atoms with E-state index in [1.165, 1.54) is 0 Å². The van der Waals surface area contributed by atoms with Crippen molar-refractivity contribution in [2.45, 2.75) is 44.7 Å². The lowest BCUT2D eigenvalue weighted by atomic mass is 9.85. The van der Waals surface area contributed by atoms with Gasteiger partial charge in [0.15, 0.2) is 0 Å². The average Bonchev–Trinajstić information content (AvgIpc) is 2.98. The van der Waals surface area contributed by atoms with Crippen LogP contribution in [0.4, 0.5) is 0 Å². The van der Waals surface area contributed by atoms with E-state index in [0.29, 0.717) is 25.9 Å². The zero-order chi connectivity index (χ0) is 17.3. The Hall–Kier alpha value is -1.89. The van der Waals surface area contributed by atoms with Crippen LogP contribution in [0.25, 0.3) is 0 Å². The van der Waals surface area contributed by atoms with E-state index in [9.17, 15) is 9.59 Å². The quantitative estimate of drug-likeness (QED) is 0.859. The molecule has 0 radical (unpaired) electrons. The number of aromatic nitrogens is 2. The number of rotatable bonds is 2. The highest BCUT2D eigenvalue weighted by Crippen LogP contribution is 2.30. The minimum absolute atomic E-state index is 0.0737. The second-order valence-corrected chi connectivity index (χ2v) is 7.06.